The Morgan fingerprint density at radius 1 is 1.10 bits per heavy atom. The molecule has 4 rings (SSSR count). The summed E-state index contributed by atoms with van der Waals surface area (Å²) in [5.74, 6) is 1.72. The number of halogens is 1. The second-order valence-electron chi connectivity index (χ2n) is 7.78. The van der Waals surface area contributed by atoms with Gasteiger partial charge in [0.25, 0.3) is 0 Å². The third-order valence-electron chi connectivity index (χ3n) is 5.66. The maximum absolute atomic E-state index is 13.0. The molecule has 30 heavy (non-hydrogen) atoms. The van der Waals surface area contributed by atoms with Crippen molar-refractivity contribution >= 4 is 5.91 Å². The van der Waals surface area contributed by atoms with Gasteiger partial charge in [-0.2, -0.15) is 0 Å². The van der Waals surface area contributed by atoms with E-state index in [9.17, 15) is 9.18 Å². The highest BCUT2D eigenvalue weighted by Gasteiger charge is 2.34. The van der Waals surface area contributed by atoms with E-state index in [-0.39, 0.29) is 37.1 Å². The van der Waals surface area contributed by atoms with Crippen LogP contribution in [-0.2, 0) is 22.7 Å². The van der Waals surface area contributed by atoms with E-state index in [1.165, 1.54) is 12.1 Å². The maximum atomic E-state index is 13.0. The van der Waals surface area contributed by atoms with E-state index in [4.69, 9.17) is 19.0 Å². The van der Waals surface area contributed by atoms with E-state index < -0.39 is 0 Å². The highest BCUT2D eigenvalue weighted by Crippen LogP contribution is 2.22. The number of rotatable bonds is 7. The number of hydrogen-bond acceptors (Lipinski definition) is 6. The lowest BCUT2D eigenvalue weighted by atomic mass is 10.0. The smallest absolute Gasteiger partial charge is 0.248 e. The number of ether oxygens (including phenoxy) is 2. The number of aliphatic hydroxyl groups is 1. The van der Waals surface area contributed by atoms with Crippen LogP contribution in [0.15, 0.2) is 40.8 Å². The molecule has 1 unspecified atom stereocenters. The van der Waals surface area contributed by atoms with Gasteiger partial charge in [0, 0.05) is 19.1 Å². The van der Waals surface area contributed by atoms with Gasteiger partial charge < -0.3 is 23.9 Å². The second-order valence-corrected chi connectivity index (χ2v) is 7.78. The Morgan fingerprint density at radius 3 is 2.53 bits per heavy atom. The van der Waals surface area contributed by atoms with Crippen LogP contribution in [0.25, 0.3) is 0 Å². The predicted molar refractivity (Wildman–Crippen MR) is 106 cm³/mol. The SMILES string of the molecule is O=C1COC(COc2ccc(F)cc2)CN1C1CCN(Cc2ccc(CO)o2)CC1. The standard InChI is InChI=1S/C22H27FN2O5/c23-16-1-3-18(4-2-16)28-14-21-12-25(22(27)15-29-21)17-7-9-24(10-8-17)11-19-5-6-20(13-26)30-19/h1-6,17,21,26H,7-15H2. The number of nitrogens with zero attached hydrogens (tertiary/aromatic N) is 2. The van der Waals surface area contributed by atoms with Gasteiger partial charge in [0.05, 0.1) is 13.1 Å². The first kappa shape index (κ1) is 20.8. The Morgan fingerprint density at radius 2 is 1.83 bits per heavy atom. The number of aliphatic hydroxyl groups excluding tert-OH is 1. The third-order valence-corrected chi connectivity index (χ3v) is 5.66. The number of carbonyl (C=O) groups excluding carboxylic acids is 1. The molecule has 0 spiro atoms. The molecule has 1 atom stereocenters. The van der Waals surface area contributed by atoms with Crippen LogP contribution < -0.4 is 4.74 Å². The molecule has 2 aliphatic rings. The highest BCUT2D eigenvalue weighted by atomic mass is 19.1. The molecule has 2 aromatic rings. The van der Waals surface area contributed by atoms with Gasteiger partial charge in [0.15, 0.2) is 0 Å². The van der Waals surface area contributed by atoms with Gasteiger partial charge in [-0.05, 0) is 49.2 Å². The number of furan rings is 1. The van der Waals surface area contributed by atoms with Crippen LogP contribution in [0, 0.1) is 5.82 Å². The van der Waals surface area contributed by atoms with E-state index in [2.05, 4.69) is 4.90 Å². The van der Waals surface area contributed by atoms with Crippen molar-refractivity contribution in [3.05, 3.63) is 53.7 Å². The van der Waals surface area contributed by atoms with Crippen LogP contribution in [0.3, 0.4) is 0 Å². The topological polar surface area (TPSA) is 75.4 Å². The molecule has 1 aromatic carbocycles. The zero-order valence-electron chi connectivity index (χ0n) is 16.8. The number of benzene rings is 1. The lowest BCUT2D eigenvalue weighted by Crippen LogP contribution is -2.55. The van der Waals surface area contributed by atoms with Crippen molar-refractivity contribution in [2.45, 2.75) is 38.1 Å². The van der Waals surface area contributed by atoms with E-state index >= 15 is 0 Å². The summed E-state index contributed by atoms with van der Waals surface area (Å²) < 4.78 is 29.9. The Balaban J connectivity index is 1.25. The van der Waals surface area contributed by atoms with Crippen molar-refractivity contribution in [1.82, 2.24) is 9.80 Å². The predicted octanol–water partition coefficient (Wildman–Crippen LogP) is 2.18. The van der Waals surface area contributed by atoms with E-state index in [1.54, 1.807) is 18.2 Å². The summed E-state index contributed by atoms with van der Waals surface area (Å²) in [5, 5.41) is 9.12. The molecule has 0 bridgehead atoms. The van der Waals surface area contributed by atoms with Crippen LogP contribution in [0.5, 0.6) is 5.75 Å². The fraction of sp³-hybridized carbons (Fsp3) is 0.500. The van der Waals surface area contributed by atoms with Gasteiger partial charge in [-0.3, -0.25) is 9.69 Å². The van der Waals surface area contributed by atoms with Gasteiger partial charge in [0.2, 0.25) is 5.91 Å². The molecule has 2 aliphatic heterocycles. The first-order valence-corrected chi connectivity index (χ1v) is 10.3. The van der Waals surface area contributed by atoms with Crippen LogP contribution in [0.4, 0.5) is 4.39 Å². The van der Waals surface area contributed by atoms with E-state index in [1.807, 2.05) is 11.0 Å². The summed E-state index contributed by atoms with van der Waals surface area (Å²) in [5.41, 5.74) is 0. The lowest BCUT2D eigenvalue weighted by molar-refractivity contribution is -0.155. The van der Waals surface area contributed by atoms with Crippen molar-refractivity contribution < 1.29 is 28.2 Å². The summed E-state index contributed by atoms with van der Waals surface area (Å²) >= 11 is 0. The number of carbonyl (C=O) groups is 1. The molecule has 3 heterocycles. The first-order valence-electron chi connectivity index (χ1n) is 10.3. The molecule has 0 radical (unpaired) electrons. The van der Waals surface area contributed by atoms with Crippen LogP contribution >= 0.6 is 0 Å². The van der Waals surface area contributed by atoms with Gasteiger partial charge >= 0.3 is 0 Å². The second kappa shape index (κ2) is 9.59. The largest absolute Gasteiger partial charge is 0.491 e. The fourth-order valence-corrected chi connectivity index (χ4v) is 4.02. The fourth-order valence-electron chi connectivity index (χ4n) is 4.02. The minimum absolute atomic E-state index is 0.0186. The van der Waals surface area contributed by atoms with Crippen molar-refractivity contribution in [2.24, 2.45) is 0 Å². The Bertz CT molecular complexity index is 832. The summed E-state index contributed by atoms with van der Waals surface area (Å²) in [6.07, 6.45) is 1.58. The molecule has 7 nitrogen and oxygen atoms in total. The molecule has 1 amide bonds. The van der Waals surface area contributed by atoms with Crippen molar-refractivity contribution in [1.29, 1.82) is 0 Å². The summed E-state index contributed by atoms with van der Waals surface area (Å²) in [4.78, 5) is 16.7. The van der Waals surface area contributed by atoms with Crippen molar-refractivity contribution in [3.8, 4) is 5.75 Å². The number of morpholine rings is 1. The molecular weight excluding hydrogens is 391 g/mol. The Kier molecular flexibility index (Phi) is 6.66. The summed E-state index contributed by atoms with van der Waals surface area (Å²) in [6.45, 7) is 3.25. The maximum Gasteiger partial charge on any atom is 0.248 e. The lowest BCUT2D eigenvalue weighted by Gasteiger charge is -2.42. The Labute approximate surface area is 175 Å². The average molecular weight is 418 g/mol. The molecule has 2 fully saturated rings. The third kappa shape index (κ3) is 5.19. The zero-order chi connectivity index (χ0) is 20.9. The minimum Gasteiger partial charge on any atom is -0.491 e. The molecule has 162 valence electrons. The van der Waals surface area contributed by atoms with E-state index in [0.29, 0.717) is 31.2 Å². The molecular formula is C22H27FN2O5. The van der Waals surface area contributed by atoms with Crippen molar-refractivity contribution in [2.75, 3.05) is 32.8 Å². The normalized spacial score (nSPS) is 21.2. The van der Waals surface area contributed by atoms with Gasteiger partial charge in [-0.25, -0.2) is 4.39 Å². The molecule has 1 aromatic heterocycles. The number of hydrogen-bond donors (Lipinski definition) is 1. The number of likely N-dealkylation sites (tertiary alicyclic amines) is 1. The molecule has 2 saturated heterocycles. The molecule has 0 aliphatic carbocycles. The monoisotopic (exact) mass is 418 g/mol. The zero-order valence-corrected chi connectivity index (χ0v) is 16.8. The van der Waals surface area contributed by atoms with Crippen LogP contribution in [0.2, 0.25) is 0 Å². The number of piperidine rings is 1. The van der Waals surface area contributed by atoms with Crippen molar-refractivity contribution in [3.63, 3.8) is 0 Å². The first-order chi connectivity index (χ1) is 14.6. The molecule has 0 saturated carbocycles. The van der Waals surface area contributed by atoms with Gasteiger partial charge in [-0.1, -0.05) is 0 Å². The highest BCUT2D eigenvalue weighted by molar-refractivity contribution is 5.78. The summed E-state index contributed by atoms with van der Waals surface area (Å²) in [7, 11) is 0. The van der Waals surface area contributed by atoms with Crippen LogP contribution in [-0.4, -0.2) is 65.8 Å². The van der Waals surface area contributed by atoms with Gasteiger partial charge in [0.1, 0.15) is 49.0 Å². The molecule has 1 N–H and O–H groups in total. The van der Waals surface area contributed by atoms with Gasteiger partial charge in [-0.15, -0.1) is 0 Å². The number of amides is 1. The minimum atomic E-state index is -0.305. The summed E-state index contributed by atoms with van der Waals surface area (Å²) in [6, 6.07) is 9.76. The average Bonchev–Trinajstić information content (AvgIpc) is 3.22. The van der Waals surface area contributed by atoms with E-state index in [0.717, 1.165) is 31.7 Å². The van der Waals surface area contributed by atoms with Crippen LogP contribution in [0.1, 0.15) is 24.4 Å². The Hall–Kier alpha value is -2.42. The quantitative estimate of drug-likeness (QED) is 0.743. The molecule has 8 heteroatoms.